The average molecular weight is 474 g/mol. The molecule has 2 aliphatic rings. The first-order valence-electron chi connectivity index (χ1n) is 11.3. The number of hydrogen-bond acceptors (Lipinski definition) is 5. The fourth-order valence-corrected chi connectivity index (χ4v) is 4.79. The molecule has 2 aromatic heterocycles. The van der Waals surface area contributed by atoms with Crippen molar-refractivity contribution in [3.8, 4) is 5.75 Å². The molecule has 2 aliphatic heterocycles. The van der Waals surface area contributed by atoms with E-state index in [2.05, 4.69) is 15.0 Å². The smallest absolute Gasteiger partial charge is 0.434 e. The normalized spacial score (nSPS) is 18.5. The van der Waals surface area contributed by atoms with E-state index in [9.17, 15) is 23.1 Å². The minimum atomic E-state index is -4.51. The number of piperidine rings is 1. The second-order valence-corrected chi connectivity index (χ2v) is 9.28. The quantitative estimate of drug-likeness (QED) is 0.605. The van der Waals surface area contributed by atoms with Crippen LogP contribution in [0, 0.1) is 5.92 Å². The van der Waals surface area contributed by atoms with Gasteiger partial charge in [0.25, 0.3) is 0 Å². The first kappa shape index (κ1) is 22.5. The maximum absolute atomic E-state index is 13.0. The van der Waals surface area contributed by atoms with Crippen molar-refractivity contribution >= 4 is 17.4 Å². The average Bonchev–Trinajstić information content (AvgIpc) is 3.23. The Labute approximate surface area is 194 Å². The van der Waals surface area contributed by atoms with Crippen molar-refractivity contribution in [1.82, 2.24) is 14.6 Å². The predicted octanol–water partition coefficient (Wildman–Crippen LogP) is 4.38. The first-order chi connectivity index (χ1) is 16.1. The van der Waals surface area contributed by atoms with Gasteiger partial charge in [-0.25, -0.2) is 9.50 Å². The summed E-state index contributed by atoms with van der Waals surface area (Å²) in [5.41, 5.74) is 0.973. The fourth-order valence-electron chi connectivity index (χ4n) is 4.79. The number of benzene rings is 1. The van der Waals surface area contributed by atoms with Crippen molar-refractivity contribution in [2.75, 3.05) is 18.0 Å². The highest BCUT2D eigenvalue weighted by Gasteiger charge is 2.40. The number of aryl methyl sites for hydroxylation is 1. The molecule has 0 aliphatic carbocycles. The maximum Gasteiger partial charge on any atom is 0.434 e. The Morgan fingerprint density at radius 3 is 2.68 bits per heavy atom. The number of alkyl halides is 3. The van der Waals surface area contributed by atoms with Crippen molar-refractivity contribution < 1.29 is 27.8 Å². The van der Waals surface area contributed by atoms with Crippen LogP contribution in [0.5, 0.6) is 5.75 Å². The Balaban J connectivity index is 1.28. The molecule has 0 bridgehead atoms. The van der Waals surface area contributed by atoms with Crippen LogP contribution in [0.1, 0.15) is 43.0 Å². The summed E-state index contributed by atoms with van der Waals surface area (Å²) in [5.74, 6) is 0.146. The number of fused-ring (bicyclic) bond motifs is 2. The Morgan fingerprint density at radius 2 is 1.97 bits per heavy atom. The minimum Gasteiger partial charge on any atom is -0.487 e. The second kappa shape index (κ2) is 8.18. The summed E-state index contributed by atoms with van der Waals surface area (Å²) < 4.78 is 46.6. The number of ether oxygens (including phenoxy) is 1. The SMILES string of the molecule is CC(Cc1ccc2c(c1)OC1(CC2)CCN(c2ccc3nc(C(F)(F)F)cn3n2)CC1)C(=O)O. The molecule has 180 valence electrons. The molecule has 3 aromatic rings. The molecule has 1 spiro atoms. The number of halogens is 3. The fraction of sp³-hybridized carbons (Fsp3) is 0.458. The summed E-state index contributed by atoms with van der Waals surface area (Å²) in [7, 11) is 0. The van der Waals surface area contributed by atoms with E-state index in [-0.39, 0.29) is 11.2 Å². The third-order valence-electron chi connectivity index (χ3n) is 6.87. The summed E-state index contributed by atoms with van der Waals surface area (Å²) in [6.45, 7) is 3.04. The molecule has 0 radical (unpaired) electrons. The van der Waals surface area contributed by atoms with Gasteiger partial charge in [-0.3, -0.25) is 4.79 Å². The van der Waals surface area contributed by atoms with Gasteiger partial charge in [0.2, 0.25) is 0 Å². The zero-order valence-corrected chi connectivity index (χ0v) is 18.7. The van der Waals surface area contributed by atoms with Crippen LogP contribution < -0.4 is 9.64 Å². The van der Waals surface area contributed by atoms with Crippen molar-refractivity contribution in [2.45, 2.75) is 50.8 Å². The topological polar surface area (TPSA) is 80.0 Å². The lowest BCUT2D eigenvalue weighted by molar-refractivity contribution is -0.141. The molecule has 4 heterocycles. The molecule has 1 N–H and O–H groups in total. The van der Waals surface area contributed by atoms with E-state index in [0.29, 0.717) is 25.3 Å². The molecule has 10 heteroatoms. The summed E-state index contributed by atoms with van der Waals surface area (Å²) in [6, 6.07) is 9.22. The Morgan fingerprint density at radius 1 is 1.21 bits per heavy atom. The number of imidazole rings is 1. The number of carboxylic acid groups (broad SMARTS) is 1. The predicted molar refractivity (Wildman–Crippen MR) is 118 cm³/mol. The van der Waals surface area contributed by atoms with E-state index in [1.54, 1.807) is 19.1 Å². The largest absolute Gasteiger partial charge is 0.487 e. The number of aliphatic carboxylic acids is 1. The molecule has 5 rings (SSSR count). The number of rotatable bonds is 4. The van der Waals surface area contributed by atoms with Gasteiger partial charge in [-0.2, -0.15) is 13.2 Å². The van der Waals surface area contributed by atoms with Gasteiger partial charge < -0.3 is 14.7 Å². The molecule has 7 nitrogen and oxygen atoms in total. The molecular formula is C24H25F3N4O3. The summed E-state index contributed by atoms with van der Waals surface area (Å²) in [4.78, 5) is 16.9. The van der Waals surface area contributed by atoms with Gasteiger partial charge in [0.05, 0.1) is 12.1 Å². The highest BCUT2D eigenvalue weighted by Crippen LogP contribution is 2.40. The lowest BCUT2D eigenvalue weighted by atomic mass is 9.82. The Kier molecular flexibility index (Phi) is 5.41. The number of hydrogen-bond donors (Lipinski definition) is 1. The van der Waals surface area contributed by atoms with Crippen molar-refractivity contribution in [2.24, 2.45) is 5.92 Å². The van der Waals surface area contributed by atoms with Crippen LogP contribution in [0.3, 0.4) is 0 Å². The van der Waals surface area contributed by atoms with E-state index in [1.165, 1.54) is 4.52 Å². The van der Waals surface area contributed by atoms with Gasteiger partial charge in [0.1, 0.15) is 17.2 Å². The van der Waals surface area contributed by atoms with Crippen LogP contribution >= 0.6 is 0 Å². The monoisotopic (exact) mass is 474 g/mol. The highest BCUT2D eigenvalue weighted by molar-refractivity contribution is 5.70. The van der Waals surface area contributed by atoms with Crippen molar-refractivity contribution in [1.29, 1.82) is 0 Å². The zero-order chi connectivity index (χ0) is 24.1. The van der Waals surface area contributed by atoms with Crippen molar-refractivity contribution in [3.63, 3.8) is 0 Å². The van der Waals surface area contributed by atoms with E-state index < -0.39 is 23.8 Å². The molecule has 1 saturated heterocycles. The number of nitrogens with zero attached hydrogens (tertiary/aromatic N) is 4. The molecule has 0 saturated carbocycles. The first-order valence-corrected chi connectivity index (χ1v) is 11.3. The number of anilines is 1. The van der Waals surface area contributed by atoms with E-state index in [0.717, 1.165) is 48.8 Å². The van der Waals surface area contributed by atoms with Crippen molar-refractivity contribution in [3.05, 3.63) is 53.3 Å². The van der Waals surface area contributed by atoms with E-state index in [4.69, 9.17) is 4.74 Å². The van der Waals surface area contributed by atoms with Crippen LogP contribution in [-0.2, 0) is 23.8 Å². The Bertz CT molecular complexity index is 1230. The van der Waals surface area contributed by atoms with Gasteiger partial charge in [0, 0.05) is 25.9 Å². The van der Waals surface area contributed by atoms with E-state index >= 15 is 0 Å². The minimum absolute atomic E-state index is 0.157. The molecular weight excluding hydrogens is 449 g/mol. The van der Waals surface area contributed by atoms with Gasteiger partial charge in [-0.1, -0.05) is 19.1 Å². The highest BCUT2D eigenvalue weighted by atomic mass is 19.4. The number of aromatic nitrogens is 3. The molecule has 1 unspecified atom stereocenters. The van der Waals surface area contributed by atoms with Gasteiger partial charge in [0.15, 0.2) is 11.3 Å². The van der Waals surface area contributed by atoms with Gasteiger partial charge in [-0.05, 0) is 48.6 Å². The van der Waals surface area contributed by atoms with E-state index in [1.807, 2.05) is 18.2 Å². The third kappa shape index (κ3) is 4.28. The summed E-state index contributed by atoms with van der Waals surface area (Å²) >= 11 is 0. The lowest BCUT2D eigenvalue weighted by Gasteiger charge is -2.45. The molecule has 1 fully saturated rings. The molecule has 34 heavy (non-hydrogen) atoms. The van der Waals surface area contributed by atoms with Crippen LogP contribution in [0.4, 0.5) is 19.0 Å². The van der Waals surface area contributed by atoms with Crippen LogP contribution in [0.25, 0.3) is 5.65 Å². The van der Waals surface area contributed by atoms with Gasteiger partial charge in [-0.15, -0.1) is 5.10 Å². The van der Waals surface area contributed by atoms with Gasteiger partial charge >= 0.3 is 12.1 Å². The standard InChI is InChI=1S/C24H25F3N4O3/c1-15(22(32)33)12-16-2-3-17-6-7-23(34-18(17)13-16)8-10-30(11-9-23)21-5-4-20-28-19(24(25,26)27)14-31(20)29-21/h2-5,13-15H,6-12H2,1H3,(H,32,33). The third-order valence-corrected chi connectivity index (χ3v) is 6.87. The number of carboxylic acids is 1. The second-order valence-electron chi connectivity index (χ2n) is 9.28. The number of carbonyl (C=O) groups is 1. The van der Waals surface area contributed by atoms with Crippen LogP contribution in [-0.4, -0.2) is 44.4 Å². The summed E-state index contributed by atoms with van der Waals surface area (Å²) in [5, 5.41) is 13.5. The molecule has 0 amide bonds. The molecule has 1 aromatic carbocycles. The Hall–Kier alpha value is -3.30. The summed E-state index contributed by atoms with van der Waals surface area (Å²) in [6.07, 6.45) is 0.162. The lowest BCUT2D eigenvalue weighted by Crippen LogP contribution is -2.50. The van der Waals surface area contributed by atoms with Crippen LogP contribution in [0.15, 0.2) is 36.5 Å². The maximum atomic E-state index is 13.0. The zero-order valence-electron chi connectivity index (χ0n) is 18.7. The van der Waals surface area contributed by atoms with Crippen LogP contribution in [0.2, 0.25) is 0 Å². The molecule has 1 atom stereocenters.